The van der Waals surface area contributed by atoms with Gasteiger partial charge in [-0.1, -0.05) is 10.3 Å². The molecule has 1 aliphatic heterocycles. The summed E-state index contributed by atoms with van der Waals surface area (Å²) in [4.78, 5) is 16.4. The maximum atomic E-state index is 12.2. The van der Waals surface area contributed by atoms with E-state index < -0.39 is 0 Å². The van der Waals surface area contributed by atoms with Crippen LogP contribution in [0.4, 0.5) is 0 Å². The number of amides is 1. The molecule has 3 rings (SSSR count). The standard InChI is InChI=1S/C14H18N4O4S/c1-9-11(18-22-17-9)4-14(19)16-12-6-20-3-2-13(12)21-5-10-7-23-8-15-10/h7-8,12-13H,2-6H2,1H3,(H,16,19)/t12-,13+/m1/s1. The van der Waals surface area contributed by atoms with Crippen molar-refractivity contribution in [2.45, 2.75) is 38.5 Å². The molecule has 0 bridgehead atoms. The monoisotopic (exact) mass is 338 g/mol. The minimum Gasteiger partial charge on any atom is -0.379 e. The van der Waals surface area contributed by atoms with Gasteiger partial charge in [0.25, 0.3) is 0 Å². The molecule has 1 aliphatic rings. The van der Waals surface area contributed by atoms with Crippen molar-refractivity contribution in [1.29, 1.82) is 0 Å². The minimum absolute atomic E-state index is 0.0917. The molecule has 8 nitrogen and oxygen atoms in total. The average molecular weight is 338 g/mol. The van der Waals surface area contributed by atoms with Crippen LogP contribution in [0.25, 0.3) is 0 Å². The number of aromatic nitrogens is 3. The van der Waals surface area contributed by atoms with E-state index in [0.717, 1.165) is 12.1 Å². The number of rotatable bonds is 6. The molecule has 2 aromatic rings. The highest BCUT2D eigenvalue weighted by molar-refractivity contribution is 7.07. The summed E-state index contributed by atoms with van der Waals surface area (Å²) in [5, 5.41) is 12.3. The highest BCUT2D eigenvalue weighted by Crippen LogP contribution is 2.15. The van der Waals surface area contributed by atoms with E-state index in [1.807, 2.05) is 5.38 Å². The molecule has 0 unspecified atom stereocenters. The van der Waals surface area contributed by atoms with Crippen molar-refractivity contribution in [2.24, 2.45) is 0 Å². The summed E-state index contributed by atoms with van der Waals surface area (Å²) in [6.45, 7) is 3.25. The molecule has 3 heterocycles. The topological polar surface area (TPSA) is 99.4 Å². The fraction of sp³-hybridized carbons (Fsp3) is 0.571. The third-order valence-electron chi connectivity index (χ3n) is 3.64. The summed E-state index contributed by atoms with van der Waals surface area (Å²) < 4.78 is 16.0. The molecule has 0 aromatic carbocycles. The maximum Gasteiger partial charge on any atom is 0.226 e. The van der Waals surface area contributed by atoms with Crippen LogP contribution < -0.4 is 5.32 Å². The Morgan fingerprint density at radius 2 is 2.43 bits per heavy atom. The van der Waals surface area contributed by atoms with Gasteiger partial charge in [-0.05, 0) is 13.3 Å². The predicted molar refractivity (Wildman–Crippen MR) is 80.8 cm³/mol. The fourth-order valence-electron chi connectivity index (χ4n) is 2.37. The van der Waals surface area contributed by atoms with Crippen LogP contribution in [0.15, 0.2) is 15.5 Å². The number of nitrogens with zero attached hydrogens (tertiary/aromatic N) is 3. The van der Waals surface area contributed by atoms with Crippen LogP contribution in [0.2, 0.25) is 0 Å². The van der Waals surface area contributed by atoms with Crippen molar-refractivity contribution < 1.29 is 18.9 Å². The van der Waals surface area contributed by atoms with Crippen LogP contribution >= 0.6 is 11.3 Å². The summed E-state index contributed by atoms with van der Waals surface area (Å²) in [6.07, 6.45) is 0.774. The Morgan fingerprint density at radius 3 is 3.17 bits per heavy atom. The number of hydrogen-bond acceptors (Lipinski definition) is 8. The highest BCUT2D eigenvalue weighted by Gasteiger charge is 2.28. The molecule has 1 fully saturated rings. The van der Waals surface area contributed by atoms with Gasteiger partial charge in [0.05, 0.1) is 43.0 Å². The molecular formula is C14H18N4O4S. The lowest BCUT2D eigenvalue weighted by atomic mass is 10.1. The molecule has 1 amide bonds. The molecular weight excluding hydrogens is 320 g/mol. The van der Waals surface area contributed by atoms with E-state index in [9.17, 15) is 4.79 Å². The third kappa shape index (κ3) is 4.34. The van der Waals surface area contributed by atoms with Gasteiger partial charge in [-0.2, -0.15) is 0 Å². The lowest BCUT2D eigenvalue weighted by Gasteiger charge is -2.31. The number of nitrogens with one attached hydrogen (secondary N) is 1. The summed E-state index contributed by atoms with van der Waals surface area (Å²) in [5.74, 6) is -0.151. The van der Waals surface area contributed by atoms with Gasteiger partial charge in [0.2, 0.25) is 5.91 Å². The van der Waals surface area contributed by atoms with Crippen molar-refractivity contribution in [1.82, 2.24) is 20.6 Å². The van der Waals surface area contributed by atoms with Gasteiger partial charge in [0.15, 0.2) is 0 Å². The molecule has 9 heteroatoms. The molecule has 2 aromatic heterocycles. The van der Waals surface area contributed by atoms with Crippen molar-refractivity contribution in [3.05, 3.63) is 28.0 Å². The van der Waals surface area contributed by atoms with Gasteiger partial charge in [0, 0.05) is 12.0 Å². The van der Waals surface area contributed by atoms with Crippen molar-refractivity contribution in [3.63, 3.8) is 0 Å². The Balaban J connectivity index is 1.53. The van der Waals surface area contributed by atoms with Crippen LogP contribution in [-0.2, 0) is 27.3 Å². The number of carbonyl (C=O) groups excluding carboxylic acids is 1. The van der Waals surface area contributed by atoms with Crippen molar-refractivity contribution in [3.8, 4) is 0 Å². The Morgan fingerprint density at radius 1 is 1.52 bits per heavy atom. The van der Waals surface area contributed by atoms with E-state index >= 15 is 0 Å². The van der Waals surface area contributed by atoms with Gasteiger partial charge < -0.3 is 14.8 Å². The van der Waals surface area contributed by atoms with E-state index in [-0.39, 0.29) is 24.5 Å². The van der Waals surface area contributed by atoms with Crippen LogP contribution in [0.5, 0.6) is 0 Å². The molecule has 1 saturated heterocycles. The Hall–Kier alpha value is -1.84. The van der Waals surface area contributed by atoms with Crippen LogP contribution in [0.1, 0.15) is 23.5 Å². The summed E-state index contributed by atoms with van der Waals surface area (Å²) in [5.41, 5.74) is 3.84. The highest BCUT2D eigenvalue weighted by atomic mass is 32.1. The number of hydrogen-bond donors (Lipinski definition) is 1. The Labute approximate surface area is 137 Å². The van der Waals surface area contributed by atoms with Crippen LogP contribution in [-0.4, -0.2) is 46.6 Å². The second-order valence-electron chi connectivity index (χ2n) is 5.34. The van der Waals surface area contributed by atoms with E-state index in [1.165, 1.54) is 11.3 Å². The third-order valence-corrected chi connectivity index (χ3v) is 4.28. The first-order chi connectivity index (χ1) is 11.2. The van der Waals surface area contributed by atoms with E-state index in [1.54, 1.807) is 12.4 Å². The molecule has 23 heavy (non-hydrogen) atoms. The Bertz CT molecular complexity index is 631. The first-order valence-electron chi connectivity index (χ1n) is 7.36. The first kappa shape index (κ1) is 16.0. The van der Waals surface area contributed by atoms with E-state index in [4.69, 9.17) is 9.47 Å². The van der Waals surface area contributed by atoms with Crippen LogP contribution in [0.3, 0.4) is 0 Å². The van der Waals surface area contributed by atoms with Gasteiger partial charge in [-0.3, -0.25) is 4.79 Å². The number of aryl methyl sites for hydroxylation is 1. The Kier molecular flexibility index (Phi) is 5.31. The van der Waals surface area contributed by atoms with E-state index in [0.29, 0.717) is 31.2 Å². The summed E-state index contributed by atoms with van der Waals surface area (Å²) >= 11 is 1.53. The average Bonchev–Trinajstić information content (AvgIpc) is 3.19. The van der Waals surface area contributed by atoms with Crippen LogP contribution in [0, 0.1) is 6.92 Å². The quantitative estimate of drug-likeness (QED) is 0.834. The summed E-state index contributed by atoms with van der Waals surface area (Å²) in [7, 11) is 0. The molecule has 0 saturated carbocycles. The van der Waals surface area contributed by atoms with E-state index in [2.05, 4.69) is 25.2 Å². The first-order valence-corrected chi connectivity index (χ1v) is 8.30. The second-order valence-corrected chi connectivity index (χ2v) is 6.06. The summed E-state index contributed by atoms with van der Waals surface area (Å²) in [6, 6.07) is -0.185. The smallest absolute Gasteiger partial charge is 0.226 e. The molecule has 0 aliphatic carbocycles. The number of carbonyl (C=O) groups is 1. The van der Waals surface area contributed by atoms with Gasteiger partial charge in [-0.15, -0.1) is 11.3 Å². The normalized spacial score (nSPS) is 21.3. The SMILES string of the molecule is Cc1nonc1CC(=O)N[C@@H]1COCC[C@@H]1OCc1cscn1. The molecule has 124 valence electrons. The van der Waals surface area contributed by atoms with Gasteiger partial charge >= 0.3 is 0 Å². The zero-order valence-corrected chi connectivity index (χ0v) is 13.5. The van der Waals surface area contributed by atoms with Gasteiger partial charge in [0.1, 0.15) is 11.4 Å². The minimum atomic E-state index is -0.185. The lowest BCUT2D eigenvalue weighted by molar-refractivity contribution is -0.126. The van der Waals surface area contributed by atoms with Crippen molar-refractivity contribution >= 4 is 17.2 Å². The largest absolute Gasteiger partial charge is 0.379 e. The second kappa shape index (κ2) is 7.62. The van der Waals surface area contributed by atoms with Gasteiger partial charge in [-0.25, -0.2) is 9.61 Å². The van der Waals surface area contributed by atoms with Crippen molar-refractivity contribution in [2.75, 3.05) is 13.2 Å². The molecule has 1 N–H and O–H groups in total. The zero-order chi connectivity index (χ0) is 16.1. The lowest BCUT2D eigenvalue weighted by Crippen LogP contribution is -2.51. The number of ether oxygens (including phenoxy) is 2. The predicted octanol–water partition coefficient (Wildman–Crippen LogP) is 0.868. The zero-order valence-electron chi connectivity index (χ0n) is 12.7. The molecule has 0 spiro atoms. The fourth-order valence-corrected chi connectivity index (χ4v) is 2.92. The molecule has 2 atom stereocenters. The number of thiazole rings is 1. The maximum absolute atomic E-state index is 12.2. The molecule has 0 radical (unpaired) electrons.